The minimum atomic E-state index is -1.06. The summed E-state index contributed by atoms with van der Waals surface area (Å²) in [5.41, 5.74) is 0.824. The van der Waals surface area contributed by atoms with Crippen molar-refractivity contribution >= 4 is 17.6 Å². The average Bonchev–Trinajstić information content (AvgIpc) is 2.36. The number of benzene rings is 1. The van der Waals surface area contributed by atoms with Gasteiger partial charge in [0.25, 0.3) is 0 Å². The summed E-state index contributed by atoms with van der Waals surface area (Å²) in [5, 5.41) is 11.8. The number of hydrogen-bond acceptors (Lipinski definition) is 4. The predicted octanol–water partition coefficient (Wildman–Crippen LogP) is 1.21. The molecule has 0 aliphatic carbocycles. The zero-order valence-corrected chi connectivity index (χ0v) is 10.0. The molecule has 0 spiro atoms. The molecule has 1 aromatic rings. The molecule has 0 radical (unpaired) electrons. The third-order valence-corrected chi connectivity index (χ3v) is 2.91. The van der Waals surface area contributed by atoms with Crippen molar-refractivity contribution in [2.24, 2.45) is 0 Å². The maximum absolute atomic E-state index is 11.5. The number of anilines is 1. The Bertz CT molecular complexity index is 511. The van der Waals surface area contributed by atoms with E-state index < -0.39 is 11.9 Å². The van der Waals surface area contributed by atoms with Crippen molar-refractivity contribution in [3.8, 4) is 11.5 Å². The van der Waals surface area contributed by atoms with Crippen molar-refractivity contribution in [3.63, 3.8) is 0 Å². The molecule has 0 bridgehead atoms. The zero-order chi connectivity index (χ0) is 13.3. The summed E-state index contributed by atoms with van der Waals surface area (Å²) in [4.78, 5) is 22.8. The third kappa shape index (κ3) is 1.85. The maximum Gasteiger partial charge on any atom is 0.311 e. The molecule has 1 aliphatic rings. The number of nitrogens with one attached hydrogen (secondary N) is 1. The van der Waals surface area contributed by atoms with Crippen LogP contribution in [-0.2, 0) is 9.59 Å². The highest BCUT2D eigenvalue weighted by Crippen LogP contribution is 2.44. The highest BCUT2D eigenvalue weighted by atomic mass is 16.5. The van der Waals surface area contributed by atoms with Crippen molar-refractivity contribution in [2.45, 2.75) is 12.3 Å². The normalized spacial score (nSPS) is 17.7. The maximum atomic E-state index is 11.5. The van der Waals surface area contributed by atoms with E-state index in [1.807, 2.05) is 0 Å². The van der Waals surface area contributed by atoms with Crippen LogP contribution in [0.5, 0.6) is 11.5 Å². The summed E-state index contributed by atoms with van der Waals surface area (Å²) in [6, 6.07) is 3.26. The Morgan fingerprint density at radius 1 is 1.33 bits per heavy atom. The van der Waals surface area contributed by atoms with Gasteiger partial charge in [0.1, 0.15) is 11.5 Å². The number of ether oxygens (including phenoxy) is 2. The third-order valence-electron chi connectivity index (χ3n) is 2.91. The lowest BCUT2D eigenvalue weighted by atomic mass is 9.89. The van der Waals surface area contributed by atoms with Crippen LogP contribution in [0.2, 0.25) is 0 Å². The Hall–Kier alpha value is -2.24. The molecule has 1 aliphatic heterocycles. The quantitative estimate of drug-likeness (QED) is 0.843. The number of fused-ring (bicyclic) bond motifs is 1. The Balaban J connectivity index is 2.66. The fraction of sp³-hybridized carbons (Fsp3) is 0.333. The Kier molecular flexibility index (Phi) is 3.10. The second-order valence-corrected chi connectivity index (χ2v) is 3.90. The van der Waals surface area contributed by atoms with Gasteiger partial charge >= 0.3 is 5.97 Å². The molecule has 0 fully saturated rings. The van der Waals surface area contributed by atoms with Crippen LogP contribution >= 0.6 is 0 Å². The molecule has 0 saturated carbocycles. The van der Waals surface area contributed by atoms with Crippen LogP contribution in [-0.4, -0.2) is 31.2 Å². The number of carbonyl (C=O) groups excluding carboxylic acids is 1. The monoisotopic (exact) mass is 251 g/mol. The topological polar surface area (TPSA) is 84.9 Å². The SMILES string of the molecule is COc1ccc(OC)c2c1NC(=O)CC2C(=O)O. The molecule has 1 atom stereocenters. The summed E-state index contributed by atoms with van der Waals surface area (Å²) in [6.45, 7) is 0. The molecule has 1 amide bonds. The average molecular weight is 251 g/mol. The van der Waals surface area contributed by atoms with E-state index in [1.54, 1.807) is 12.1 Å². The zero-order valence-electron chi connectivity index (χ0n) is 10.0. The van der Waals surface area contributed by atoms with Gasteiger partial charge < -0.3 is 19.9 Å². The smallest absolute Gasteiger partial charge is 0.311 e. The second-order valence-electron chi connectivity index (χ2n) is 3.90. The molecule has 96 valence electrons. The number of carbonyl (C=O) groups is 2. The summed E-state index contributed by atoms with van der Waals surface area (Å²) in [6.07, 6.45) is -0.105. The van der Waals surface area contributed by atoms with Crippen LogP contribution in [0.15, 0.2) is 12.1 Å². The van der Waals surface area contributed by atoms with Crippen molar-refractivity contribution < 1.29 is 24.2 Å². The van der Waals surface area contributed by atoms with Crippen LogP contribution in [0.4, 0.5) is 5.69 Å². The van der Waals surface area contributed by atoms with Crippen LogP contribution in [0.1, 0.15) is 17.9 Å². The van der Waals surface area contributed by atoms with Crippen molar-refractivity contribution in [2.75, 3.05) is 19.5 Å². The van der Waals surface area contributed by atoms with Gasteiger partial charge in [-0.05, 0) is 12.1 Å². The second kappa shape index (κ2) is 4.56. The number of rotatable bonds is 3. The lowest BCUT2D eigenvalue weighted by Gasteiger charge is -2.26. The first-order valence-corrected chi connectivity index (χ1v) is 5.36. The Morgan fingerprint density at radius 2 is 1.94 bits per heavy atom. The number of amides is 1. The Morgan fingerprint density at radius 3 is 2.50 bits per heavy atom. The first-order valence-electron chi connectivity index (χ1n) is 5.36. The molecule has 0 saturated heterocycles. The first kappa shape index (κ1) is 12.2. The highest BCUT2D eigenvalue weighted by molar-refractivity contribution is 6.02. The van der Waals surface area contributed by atoms with E-state index in [9.17, 15) is 14.7 Å². The minimum Gasteiger partial charge on any atom is -0.496 e. The van der Waals surface area contributed by atoms with Crippen molar-refractivity contribution in [1.82, 2.24) is 0 Å². The van der Waals surface area contributed by atoms with E-state index in [1.165, 1.54) is 14.2 Å². The van der Waals surface area contributed by atoms with Gasteiger partial charge in [-0.15, -0.1) is 0 Å². The van der Waals surface area contributed by atoms with Crippen molar-refractivity contribution in [1.29, 1.82) is 0 Å². The summed E-state index contributed by atoms with van der Waals surface area (Å²) >= 11 is 0. The van der Waals surface area contributed by atoms with Gasteiger partial charge in [-0.25, -0.2) is 0 Å². The van der Waals surface area contributed by atoms with Crippen LogP contribution in [0, 0.1) is 0 Å². The van der Waals surface area contributed by atoms with Gasteiger partial charge in [-0.2, -0.15) is 0 Å². The lowest BCUT2D eigenvalue weighted by molar-refractivity contribution is -0.140. The van der Waals surface area contributed by atoms with E-state index in [0.29, 0.717) is 22.7 Å². The fourth-order valence-electron chi connectivity index (χ4n) is 2.09. The van der Waals surface area contributed by atoms with E-state index in [2.05, 4.69) is 5.32 Å². The lowest BCUT2D eigenvalue weighted by Crippen LogP contribution is -2.28. The molecule has 1 heterocycles. The molecule has 1 aromatic carbocycles. The van der Waals surface area contributed by atoms with Crippen molar-refractivity contribution in [3.05, 3.63) is 17.7 Å². The number of carboxylic acids is 1. The van der Waals surface area contributed by atoms with Crippen LogP contribution in [0.3, 0.4) is 0 Å². The molecule has 0 aromatic heterocycles. The van der Waals surface area contributed by atoms with Gasteiger partial charge in [0.15, 0.2) is 0 Å². The van der Waals surface area contributed by atoms with Gasteiger partial charge in [0, 0.05) is 12.0 Å². The molecule has 6 nitrogen and oxygen atoms in total. The largest absolute Gasteiger partial charge is 0.496 e. The van der Waals surface area contributed by atoms with E-state index in [0.717, 1.165) is 0 Å². The molecule has 2 rings (SSSR count). The highest BCUT2D eigenvalue weighted by Gasteiger charge is 2.35. The summed E-state index contributed by atoms with van der Waals surface area (Å²) < 4.78 is 10.3. The van der Waals surface area contributed by atoms with Gasteiger partial charge in [0.05, 0.1) is 25.8 Å². The minimum absolute atomic E-state index is 0.105. The van der Waals surface area contributed by atoms with Gasteiger partial charge in [-0.1, -0.05) is 0 Å². The molecular weight excluding hydrogens is 238 g/mol. The van der Waals surface area contributed by atoms with Gasteiger partial charge in [0.2, 0.25) is 5.91 Å². The van der Waals surface area contributed by atoms with Crippen LogP contribution < -0.4 is 14.8 Å². The number of aliphatic carboxylic acids is 1. The molecular formula is C12H13NO5. The summed E-state index contributed by atoms with van der Waals surface area (Å²) in [5.74, 6) is -1.47. The molecule has 2 N–H and O–H groups in total. The van der Waals surface area contributed by atoms with E-state index in [4.69, 9.17) is 9.47 Å². The number of carboxylic acid groups (broad SMARTS) is 1. The Labute approximate surface area is 104 Å². The molecule has 6 heteroatoms. The summed E-state index contributed by atoms with van der Waals surface area (Å²) in [7, 11) is 2.91. The predicted molar refractivity (Wildman–Crippen MR) is 63.2 cm³/mol. The molecule has 1 unspecified atom stereocenters. The van der Waals surface area contributed by atoms with E-state index in [-0.39, 0.29) is 12.3 Å². The number of hydrogen-bond donors (Lipinski definition) is 2. The fourth-order valence-corrected chi connectivity index (χ4v) is 2.09. The van der Waals surface area contributed by atoms with Crippen LogP contribution in [0.25, 0.3) is 0 Å². The number of methoxy groups -OCH3 is 2. The van der Waals surface area contributed by atoms with E-state index >= 15 is 0 Å². The standard InChI is InChI=1S/C12H13NO5/c1-17-7-3-4-8(18-2)11-10(7)6(12(15)16)5-9(14)13-11/h3-4,6H,5H2,1-2H3,(H,13,14)(H,15,16). The first-order chi connectivity index (χ1) is 8.58. The molecule has 18 heavy (non-hydrogen) atoms. The van der Waals surface area contributed by atoms with Gasteiger partial charge in [-0.3, -0.25) is 9.59 Å².